The van der Waals surface area contributed by atoms with Gasteiger partial charge in [0.15, 0.2) is 0 Å². The molecule has 4 heteroatoms. The Balaban J connectivity index is 3.32. The third-order valence-electron chi connectivity index (χ3n) is 3.29. The summed E-state index contributed by atoms with van der Waals surface area (Å²) in [6.45, 7) is 4.64. The Morgan fingerprint density at radius 2 is 1.81 bits per heavy atom. The lowest BCUT2D eigenvalue weighted by Gasteiger charge is -2.38. The molecule has 0 bridgehead atoms. The first-order chi connectivity index (χ1) is 7.21. The van der Waals surface area contributed by atoms with E-state index in [1.165, 1.54) is 13.0 Å². The van der Waals surface area contributed by atoms with Crippen molar-refractivity contribution in [3.63, 3.8) is 0 Å². The molecule has 0 saturated heterocycles. The fourth-order valence-electron chi connectivity index (χ4n) is 1.52. The molecule has 0 aliphatic heterocycles. The zero-order valence-corrected chi connectivity index (χ0v) is 9.62. The summed E-state index contributed by atoms with van der Waals surface area (Å²) in [5.41, 5.74) is 3.55. The topological polar surface area (TPSA) is 63.3 Å². The molecule has 88 valence electrons. The number of hydrogen-bond acceptors (Lipinski definition) is 2. The van der Waals surface area contributed by atoms with Crippen molar-refractivity contribution in [1.82, 2.24) is 0 Å². The average molecular weight is 225 g/mol. The minimum absolute atomic E-state index is 0.308. The quantitative estimate of drug-likeness (QED) is 0.825. The first-order valence-electron chi connectivity index (χ1n) is 4.98. The first kappa shape index (κ1) is 12.6. The van der Waals surface area contributed by atoms with Gasteiger partial charge in [0.05, 0.1) is 0 Å². The Kier molecular flexibility index (Phi) is 3.06. The number of aliphatic carboxylic acids is 1. The van der Waals surface area contributed by atoms with Gasteiger partial charge in [0.2, 0.25) is 0 Å². The minimum Gasteiger partial charge on any atom is -0.480 e. The van der Waals surface area contributed by atoms with Crippen LogP contribution in [0.1, 0.15) is 26.3 Å². The predicted molar refractivity (Wildman–Crippen MR) is 59.7 cm³/mol. The smallest absolute Gasteiger partial charge is 0.324 e. The number of halogens is 1. The number of carboxylic acids is 1. The number of nitrogens with two attached hydrogens (primary N) is 1. The number of carboxylic acid groups (broad SMARTS) is 1. The van der Waals surface area contributed by atoms with E-state index >= 15 is 0 Å². The molecule has 0 amide bonds. The Labute approximate surface area is 94.1 Å². The van der Waals surface area contributed by atoms with Gasteiger partial charge in [-0.1, -0.05) is 32.0 Å². The number of hydrogen-bond donors (Lipinski definition) is 2. The molecule has 1 rings (SSSR count). The fourth-order valence-corrected chi connectivity index (χ4v) is 1.52. The maximum atomic E-state index is 13.6. The third kappa shape index (κ3) is 1.80. The van der Waals surface area contributed by atoms with Crippen LogP contribution in [0.4, 0.5) is 4.39 Å². The summed E-state index contributed by atoms with van der Waals surface area (Å²) in [7, 11) is 0. The highest BCUT2D eigenvalue weighted by atomic mass is 19.1. The van der Waals surface area contributed by atoms with Crippen LogP contribution in [0.2, 0.25) is 0 Å². The van der Waals surface area contributed by atoms with Crippen LogP contribution < -0.4 is 5.73 Å². The van der Waals surface area contributed by atoms with E-state index in [1.807, 2.05) is 0 Å². The minimum atomic E-state index is -1.53. The van der Waals surface area contributed by atoms with E-state index in [9.17, 15) is 9.18 Å². The number of carbonyl (C=O) groups is 1. The third-order valence-corrected chi connectivity index (χ3v) is 3.29. The van der Waals surface area contributed by atoms with Crippen molar-refractivity contribution in [1.29, 1.82) is 0 Å². The van der Waals surface area contributed by atoms with E-state index in [0.717, 1.165) is 0 Å². The van der Waals surface area contributed by atoms with Crippen molar-refractivity contribution in [2.75, 3.05) is 0 Å². The van der Waals surface area contributed by atoms with E-state index in [0.29, 0.717) is 5.56 Å². The summed E-state index contributed by atoms with van der Waals surface area (Å²) in [6.07, 6.45) is 0. The Morgan fingerprint density at radius 3 is 2.25 bits per heavy atom. The molecule has 3 N–H and O–H groups in total. The molecular weight excluding hydrogens is 209 g/mol. The van der Waals surface area contributed by atoms with Crippen LogP contribution in [-0.4, -0.2) is 16.6 Å². The highest BCUT2D eigenvalue weighted by Gasteiger charge is 2.46. The van der Waals surface area contributed by atoms with Gasteiger partial charge >= 0.3 is 5.97 Å². The summed E-state index contributed by atoms with van der Waals surface area (Å²) < 4.78 is 13.6. The molecule has 1 aromatic rings. The van der Waals surface area contributed by atoms with Crippen molar-refractivity contribution in [2.24, 2.45) is 5.73 Å². The Bertz CT molecular complexity index is 413. The molecular formula is C12H16FNO2. The average Bonchev–Trinajstić information content (AvgIpc) is 2.17. The van der Waals surface area contributed by atoms with Gasteiger partial charge in [-0.25, -0.2) is 4.39 Å². The first-order valence-corrected chi connectivity index (χ1v) is 4.98. The van der Waals surface area contributed by atoms with E-state index < -0.39 is 22.7 Å². The largest absolute Gasteiger partial charge is 0.480 e. The van der Waals surface area contributed by atoms with Crippen molar-refractivity contribution < 1.29 is 14.3 Å². The monoisotopic (exact) mass is 225 g/mol. The van der Waals surface area contributed by atoms with Gasteiger partial charge < -0.3 is 10.8 Å². The van der Waals surface area contributed by atoms with Crippen LogP contribution in [0, 0.1) is 5.82 Å². The highest BCUT2D eigenvalue weighted by Crippen LogP contribution is 2.34. The molecule has 0 heterocycles. The molecule has 1 unspecified atom stereocenters. The molecule has 0 fully saturated rings. The van der Waals surface area contributed by atoms with Gasteiger partial charge in [0, 0.05) is 5.41 Å². The summed E-state index contributed by atoms with van der Waals surface area (Å²) >= 11 is 0. The molecule has 0 spiro atoms. The van der Waals surface area contributed by atoms with E-state index in [2.05, 4.69) is 0 Å². The zero-order chi connectivity index (χ0) is 12.6. The van der Waals surface area contributed by atoms with Crippen LogP contribution in [0.25, 0.3) is 0 Å². The highest BCUT2D eigenvalue weighted by molar-refractivity contribution is 5.80. The lowest BCUT2D eigenvalue weighted by Crippen LogP contribution is -2.59. The Hall–Kier alpha value is -1.42. The normalized spacial score (nSPS) is 15.6. The van der Waals surface area contributed by atoms with Crippen molar-refractivity contribution in [3.05, 3.63) is 35.6 Å². The van der Waals surface area contributed by atoms with Crippen LogP contribution in [0.3, 0.4) is 0 Å². The lowest BCUT2D eigenvalue weighted by molar-refractivity contribution is -0.145. The number of rotatable bonds is 3. The molecule has 0 aliphatic rings. The maximum absolute atomic E-state index is 13.6. The second kappa shape index (κ2) is 3.87. The SMILES string of the molecule is CC(N)(C(=O)O)C(C)(C)c1ccccc1F. The second-order valence-corrected chi connectivity index (χ2v) is 4.61. The van der Waals surface area contributed by atoms with E-state index in [-0.39, 0.29) is 0 Å². The summed E-state index contributed by atoms with van der Waals surface area (Å²) in [5.74, 6) is -1.59. The summed E-state index contributed by atoms with van der Waals surface area (Å²) in [5, 5.41) is 9.08. The molecule has 3 nitrogen and oxygen atoms in total. The van der Waals surface area contributed by atoms with Gasteiger partial charge in [-0.15, -0.1) is 0 Å². The molecule has 1 aromatic carbocycles. The Morgan fingerprint density at radius 1 is 1.31 bits per heavy atom. The lowest BCUT2D eigenvalue weighted by atomic mass is 9.69. The molecule has 1 atom stereocenters. The van der Waals surface area contributed by atoms with Crippen molar-refractivity contribution >= 4 is 5.97 Å². The predicted octanol–water partition coefficient (Wildman–Crippen LogP) is 1.91. The van der Waals surface area contributed by atoms with Gasteiger partial charge in [-0.2, -0.15) is 0 Å². The second-order valence-electron chi connectivity index (χ2n) is 4.61. The zero-order valence-electron chi connectivity index (χ0n) is 9.62. The standard InChI is InChI=1S/C12H16FNO2/c1-11(2,12(3,14)10(15)16)8-6-4-5-7-9(8)13/h4-7H,14H2,1-3H3,(H,15,16). The van der Waals surface area contributed by atoms with E-state index in [1.54, 1.807) is 32.0 Å². The van der Waals surface area contributed by atoms with Crippen LogP contribution in [0.15, 0.2) is 24.3 Å². The van der Waals surface area contributed by atoms with Gasteiger partial charge in [-0.3, -0.25) is 4.79 Å². The summed E-state index contributed by atoms with van der Waals surface area (Å²) in [4.78, 5) is 11.1. The van der Waals surface area contributed by atoms with Crippen LogP contribution >= 0.6 is 0 Å². The van der Waals surface area contributed by atoms with Crippen LogP contribution in [-0.2, 0) is 10.2 Å². The van der Waals surface area contributed by atoms with Crippen molar-refractivity contribution in [2.45, 2.75) is 31.7 Å². The maximum Gasteiger partial charge on any atom is 0.324 e. The summed E-state index contributed by atoms with van der Waals surface area (Å²) in [6, 6.07) is 6.08. The van der Waals surface area contributed by atoms with Gasteiger partial charge in [-0.05, 0) is 18.6 Å². The molecule has 0 radical (unpaired) electrons. The van der Waals surface area contributed by atoms with Crippen molar-refractivity contribution in [3.8, 4) is 0 Å². The molecule has 0 aliphatic carbocycles. The van der Waals surface area contributed by atoms with Crippen LogP contribution in [0.5, 0.6) is 0 Å². The van der Waals surface area contributed by atoms with Gasteiger partial charge in [0.25, 0.3) is 0 Å². The molecule has 0 saturated carbocycles. The van der Waals surface area contributed by atoms with Gasteiger partial charge in [0.1, 0.15) is 11.4 Å². The fraction of sp³-hybridized carbons (Fsp3) is 0.417. The molecule has 16 heavy (non-hydrogen) atoms. The molecule has 0 aromatic heterocycles. The number of benzene rings is 1. The van der Waals surface area contributed by atoms with E-state index in [4.69, 9.17) is 10.8 Å².